The lowest BCUT2D eigenvalue weighted by Gasteiger charge is -2.10. The lowest BCUT2D eigenvalue weighted by atomic mass is 9.94. The highest BCUT2D eigenvalue weighted by atomic mass is 16.5. The molecule has 0 aliphatic rings. The molecular weight excluding hydrogens is 328 g/mol. The van der Waals surface area contributed by atoms with Crippen LogP contribution in [0.4, 0.5) is 5.69 Å². The molecule has 0 aliphatic carbocycles. The minimum atomic E-state index is -0.631. The van der Waals surface area contributed by atoms with E-state index in [0.717, 1.165) is 16.8 Å². The fourth-order valence-electron chi connectivity index (χ4n) is 2.49. The topological polar surface area (TPSA) is 78.4 Å². The molecule has 0 fully saturated rings. The predicted octanol–water partition coefficient (Wildman–Crippen LogP) is 3.69. The molecule has 0 saturated heterocycles. The summed E-state index contributed by atoms with van der Waals surface area (Å²) < 4.78 is 0. The number of hydrogen-bond acceptors (Lipinski definition) is 4. The van der Waals surface area contributed by atoms with E-state index in [9.17, 15) is 9.59 Å². The first-order valence-electron chi connectivity index (χ1n) is 8.26. The van der Waals surface area contributed by atoms with Crippen LogP contribution in [0, 0.1) is 5.92 Å². The minimum absolute atomic E-state index is 0.0129. The van der Waals surface area contributed by atoms with Gasteiger partial charge in [0.1, 0.15) is 0 Å². The van der Waals surface area contributed by atoms with Crippen molar-refractivity contribution in [3.8, 4) is 0 Å². The highest BCUT2D eigenvalue weighted by Gasteiger charge is 2.14. The molecule has 0 unspecified atom stereocenters. The molecule has 26 heavy (non-hydrogen) atoms. The fourth-order valence-corrected chi connectivity index (χ4v) is 2.49. The zero-order valence-corrected chi connectivity index (χ0v) is 14.8. The van der Waals surface area contributed by atoms with E-state index >= 15 is 0 Å². The molecule has 134 valence electrons. The van der Waals surface area contributed by atoms with Crippen LogP contribution in [0.2, 0.25) is 0 Å². The van der Waals surface area contributed by atoms with Crippen molar-refractivity contribution in [2.75, 3.05) is 12.4 Å². The van der Waals surface area contributed by atoms with Crippen LogP contribution >= 0.6 is 0 Å². The molecule has 2 aromatic rings. The Labute approximate surface area is 153 Å². The Morgan fingerprint density at radius 1 is 0.962 bits per heavy atom. The van der Waals surface area contributed by atoms with Crippen molar-refractivity contribution in [3.05, 3.63) is 84.0 Å². The first-order chi connectivity index (χ1) is 12.5. The van der Waals surface area contributed by atoms with E-state index < -0.39 is 5.91 Å². The number of anilines is 1. The van der Waals surface area contributed by atoms with Gasteiger partial charge in [0, 0.05) is 30.3 Å². The summed E-state index contributed by atoms with van der Waals surface area (Å²) in [5, 5.41) is 11.7. The predicted molar refractivity (Wildman–Crippen MR) is 103 cm³/mol. The van der Waals surface area contributed by atoms with Gasteiger partial charge in [0.15, 0.2) is 5.78 Å². The Kier molecular flexibility index (Phi) is 6.88. The van der Waals surface area contributed by atoms with E-state index in [1.54, 1.807) is 23.7 Å². The van der Waals surface area contributed by atoms with E-state index in [-0.39, 0.29) is 11.7 Å². The third kappa shape index (κ3) is 5.16. The Hall–Kier alpha value is -3.18. The third-order valence-corrected chi connectivity index (χ3v) is 3.93. The Morgan fingerprint density at radius 2 is 1.62 bits per heavy atom. The number of rotatable bonds is 7. The molecule has 0 aliphatic heterocycles. The molecule has 2 aromatic carbocycles. The van der Waals surface area contributed by atoms with Crippen LogP contribution < -0.4 is 10.8 Å². The average molecular weight is 350 g/mol. The summed E-state index contributed by atoms with van der Waals surface area (Å²) in [5.41, 5.74) is 4.72. The largest absolute Gasteiger partial charge is 0.388 e. The number of carbonyl (C=O) groups is 2. The molecule has 5 heteroatoms. The van der Waals surface area contributed by atoms with Gasteiger partial charge < -0.3 is 5.32 Å². The molecule has 0 saturated carbocycles. The van der Waals surface area contributed by atoms with Crippen molar-refractivity contribution in [1.82, 2.24) is 5.48 Å². The quantitative estimate of drug-likeness (QED) is 0.234. The number of hydrogen-bond donors (Lipinski definition) is 3. The second-order valence-corrected chi connectivity index (χ2v) is 5.78. The van der Waals surface area contributed by atoms with Crippen molar-refractivity contribution >= 4 is 23.0 Å². The monoisotopic (exact) mass is 350 g/mol. The van der Waals surface area contributed by atoms with Crippen molar-refractivity contribution in [3.63, 3.8) is 0 Å². The zero-order chi connectivity index (χ0) is 18.9. The average Bonchev–Trinajstić information content (AvgIpc) is 2.70. The minimum Gasteiger partial charge on any atom is -0.388 e. The van der Waals surface area contributed by atoms with Gasteiger partial charge in [-0.05, 0) is 41.5 Å². The summed E-state index contributed by atoms with van der Waals surface area (Å²) in [5.74, 6) is -1.03. The normalized spacial score (nSPS) is 12.7. The molecule has 1 amide bonds. The molecule has 0 bridgehead atoms. The Morgan fingerprint density at radius 3 is 2.19 bits per heavy atom. The van der Waals surface area contributed by atoms with Crippen molar-refractivity contribution in [1.29, 1.82) is 0 Å². The zero-order valence-electron chi connectivity index (χ0n) is 14.8. The standard InChI is InChI=1S/C21H22N2O3/c1-15(21(25)17-8-11-19(22-2)12-9-17)14-18(10-13-20(24)23-26)16-6-4-3-5-7-16/h3-15,22,26H,1-2H3,(H,23,24)/t15-/m1/s1. The van der Waals surface area contributed by atoms with Gasteiger partial charge in [0.25, 0.3) is 5.91 Å². The van der Waals surface area contributed by atoms with Crippen LogP contribution in [0.3, 0.4) is 0 Å². The van der Waals surface area contributed by atoms with Crippen LogP contribution in [0.25, 0.3) is 5.57 Å². The maximum absolute atomic E-state index is 12.7. The van der Waals surface area contributed by atoms with Gasteiger partial charge in [0.05, 0.1) is 0 Å². The summed E-state index contributed by atoms with van der Waals surface area (Å²) in [6.45, 7) is 1.82. The van der Waals surface area contributed by atoms with E-state index in [1.165, 1.54) is 6.08 Å². The SMILES string of the molecule is CNc1ccc(C(=O)[C@H](C)C=C(C=CC(=O)NO)c2ccccc2)cc1. The fraction of sp³-hybridized carbons (Fsp3) is 0.143. The van der Waals surface area contributed by atoms with Gasteiger partial charge >= 0.3 is 0 Å². The van der Waals surface area contributed by atoms with Crippen molar-refractivity contribution < 1.29 is 14.8 Å². The molecular formula is C21H22N2O3. The smallest absolute Gasteiger partial charge is 0.267 e. The van der Waals surface area contributed by atoms with E-state index in [4.69, 9.17) is 5.21 Å². The summed E-state index contributed by atoms with van der Waals surface area (Å²) in [6, 6.07) is 16.7. The second-order valence-electron chi connectivity index (χ2n) is 5.78. The van der Waals surface area contributed by atoms with E-state index in [1.807, 2.05) is 62.5 Å². The summed E-state index contributed by atoms with van der Waals surface area (Å²) >= 11 is 0. The maximum Gasteiger partial charge on any atom is 0.267 e. The summed E-state index contributed by atoms with van der Waals surface area (Å²) in [6.07, 6.45) is 4.61. The van der Waals surface area contributed by atoms with E-state index in [0.29, 0.717) is 5.56 Å². The van der Waals surface area contributed by atoms with E-state index in [2.05, 4.69) is 5.32 Å². The molecule has 2 rings (SSSR count). The van der Waals surface area contributed by atoms with Crippen LogP contribution in [0.15, 0.2) is 72.8 Å². The maximum atomic E-state index is 12.7. The number of Topliss-reactive ketones (excluding diaryl/α,β-unsaturated/α-hetero) is 1. The summed E-state index contributed by atoms with van der Waals surface area (Å²) in [4.78, 5) is 24.0. The lowest BCUT2D eigenvalue weighted by Crippen LogP contribution is -2.15. The molecule has 0 aromatic heterocycles. The number of amides is 1. The van der Waals surface area contributed by atoms with Gasteiger partial charge in [-0.3, -0.25) is 14.8 Å². The first kappa shape index (κ1) is 19.1. The Balaban J connectivity index is 2.30. The van der Waals surface area contributed by atoms with Gasteiger partial charge in [-0.15, -0.1) is 0 Å². The highest BCUT2D eigenvalue weighted by Crippen LogP contribution is 2.21. The van der Waals surface area contributed by atoms with Gasteiger partial charge in [-0.2, -0.15) is 0 Å². The lowest BCUT2D eigenvalue weighted by molar-refractivity contribution is -0.124. The van der Waals surface area contributed by atoms with Crippen molar-refractivity contribution in [2.24, 2.45) is 5.92 Å². The van der Waals surface area contributed by atoms with Crippen molar-refractivity contribution in [2.45, 2.75) is 6.92 Å². The molecule has 0 radical (unpaired) electrons. The molecule has 3 N–H and O–H groups in total. The van der Waals surface area contributed by atoms with Gasteiger partial charge in [-0.1, -0.05) is 43.3 Å². The third-order valence-electron chi connectivity index (χ3n) is 3.93. The Bertz CT molecular complexity index is 809. The summed E-state index contributed by atoms with van der Waals surface area (Å²) in [7, 11) is 1.82. The number of carbonyl (C=O) groups excluding carboxylic acids is 2. The molecule has 1 atom stereocenters. The molecule has 0 heterocycles. The van der Waals surface area contributed by atoms with Gasteiger partial charge in [0.2, 0.25) is 0 Å². The van der Waals surface area contributed by atoms with Crippen LogP contribution in [-0.2, 0) is 4.79 Å². The van der Waals surface area contributed by atoms with Crippen LogP contribution in [0.5, 0.6) is 0 Å². The van der Waals surface area contributed by atoms with Crippen LogP contribution in [-0.4, -0.2) is 23.9 Å². The van der Waals surface area contributed by atoms with Gasteiger partial charge in [-0.25, -0.2) is 5.48 Å². The number of allylic oxidation sites excluding steroid dienone is 3. The first-order valence-corrected chi connectivity index (χ1v) is 8.26. The molecule has 5 nitrogen and oxygen atoms in total. The number of benzene rings is 2. The second kappa shape index (κ2) is 9.34. The highest BCUT2D eigenvalue weighted by molar-refractivity contribution is 6.00. The van der Waals surface area contributed by atoms with Crippen LogP contribution in [0.1, 0.15) is 22.8 Å². The number of hydroxylamine groups is 1. The number of ketones is 1. The molecule has 0 spiro atoms. The number of nitrogens with one attached hydrogen (secondary N) is 2.